The average molecular weight is 421 g/mol. The molecule has 0 fully saturated rings. The molecule has 2 aromatic carbocycles. The van der Waals surface area contributed by atoms with Crippen LogP contribution in [0.2, 0.25) is 0 Å². The third-order valence-corrected chi connectivity index (χ3v) is 5.06. The summed E-state index contributed by atoms with van der Waals surface area (Å²) in [5.41, 5.74) is 5.48. The second-order valence-electron chi connectivity index (χ2n) is 7.44. The van der Waals surface area contributed by atoms with Crippen molar-refractivity contribution in [1.82, 2.24) is 15.8 Å². The largest absolute Gasteiger partial charge is 0.384 e. The van der Waals surface area contributed by atoms with Crippen molar-refractivity contribution in [2.24, 2.45) is 0 Å². The minimum absolute atomic E-state index is 0.169. The number of para-hydroxylation sites is 1. The van der Waals surface area contributed by atoms with Gasteiger partial charge in [0.05, 0.1) is 5.52 Å². The van der Waals surface area contributed by atoms with E-state index in [-0.39, 0.29) is 5.91 Å². The van der Waals surface area contributed by atoms with Crippen molar-refractivity contribution < 1.29 is 14.8 Å². The Morgan fingerprint density at radius 2 is 1.52 bits per heavy atom. The van der Waals surface area contributed by atoms with Crippen molar-refractivity contribution >= 4 is 28.4 Å². The summed E-state index contributed by atoms with van der Waals surface area (Å²) in [6.45, 7) is 3.51. The Bertz CT molecular complexity index is 1030. The van der Waals surface area contributed by atoms with Gasteiger partial charge >= 0.3 is 0 Å². The highest BCUT2D eigenvalue weighted by atomic mass is 16.5. The number of amides is 2. The van der Waals surface area contributed by atoms with Gasteiger partial charge in [-0.2, -0.15) is 0 Å². The molecule has 0 saturated heterocycles. The van der Waals surface area contributed by atoms with Crippen molar-refractivity contribution in [3.05, 3.63) is 71.4 Å². The lowest BCUT2D eigenvalue weighted by Gasteiger charge is -2.11. The molecule has 1 heterocycles. The predicted octanol–water partition coefficient (Wildman–Crippen LogP) is 4.06. The molecular weight excluding hydrogens is 392 g/mol. The molecule has 2 amide bonds. The Labute approximate surface area is 181 Å². The number of pyridine rings is 1. The van der Waals surface area contributed by atoms with Crippen LogP contribution in [0.25, 0.3) is 10.9 Å². The summed E-state index contributed by atoms with van der Waals surface area (Å²) >= 11 is 0. The SMILES string of the molecule is Cc1cc(NCCCCCCNC(=O)c2ccc(C(=O)NO)cc2)c2ccccc2n1. The number of carbonyl (C=O) groups is 2. The summed E-state index contributed by atoms with van der Waals surface area (Å²) in [4.78, 5) is 28.0. The summed E-state index contributed by atoms with van der Waals surface area (Å²) in [5.74, 6) is -0.772. The minimum atomic E-state index is -0.603. The second-order valence-corrected chi connectivity index (χ2v) is 7.44. The van der Waals surface area contributed by atoms with E-state index < -0.39 is 5.91 Å². The Morgan fingerprint density at radius 1 is 0.871 bits per heavy atom. The Balaban J connectivity index is 1.32. The lowest BCUT2D eigenvalue weighted by Crippen LogP contribution is -2.24. The molecule has 0 bridgehead atoms. The molecule has 0 spiro atoms. The molecule has 7 nitrogen and oxygen atoms in total. The zero-order chi connectivity index (χ0) is 22.1. The van der Waals surface area contributed by atoms with Crippen LogP contribution in [0, 0.1) is 6.92 Å². The van der Waals surface area contributed by atoms with Crippen LogP contribution in [0.5, 0.6) is 0 Å². The number of aryl methyl sites for hydroxylation is 1. The number of aromatic nitrogens is 1. The van der Waals surface area contributed by atoms with E-state index in [2.05, 4.69) is 27.8 Å². The highest BCUT2D eigenvalue weighted by molar-refractivity contribution is 5.97. The first-order valence-electron chi connectivity index (χ1n) is 10.5. The first-order valence-corrected chi connectivity index (χ1v) is 10.5. The average Bonchev–Trinajstić information content (AvgIpc) is 2.80. The van der Waals surface area contributed by atoms with Gasteiger partial charge in [0, 0.05) is 41.0 Å². The molecule has 0 radical (unpaired) electrons. The maximum atomic E-state index is 12.1. The van der Waals surface area contributed by atoms with Gasteiger partial charge in [-0.05, 0) is 56.2 Å². The van der Waals surface area contributed by atoms with E-state index >= 15 is 0 Å². The zero-order valence-corrected chi connectivity index (χ0v) is 17.6. The molecule has 0 atom stereocenters. The molecular formula is C24H28N4O3. The molecule has 162 valence electrons. The predicted molar refractivity (Wildman–Crippen MR) is 121 cm³/mol. The van der Waals surface area contributed by atoms with E-state index in [4.69, 9.17) is 5.21 Å². The van der Waals surface area contributed by atoms with Gasteiger partial charge in [-0.3, -0.25) is 19.8 Å². The summed E-state index contributed by atoms with van der Waals surface area (Å²) in [7, 11) is 0. The van der Waals surface area contributed by atoms with Gasteiger partial charge in [-0.1, -0.05) is 31.0 Å². The van der Waals surface area contributed by atoms with Crippen LogP contribution < -0.4 is 16.1 Å². The number of rotatable bonds is 10. The number of fused-ring (bicyclic) bond motifs is 1. The van der Waals surface area contributed by atoms with Crippen LogP contribution in [-0.2, 0) is 0 Å². The third kappa shape index (κ3) is 6.26. The van der Waals surface area contributed by atoms with Crippen molar-refractivity contribution in [3.8, 4) is 0 Å². The number of carbonyl (C=O) groups excluding carboxylic acids is 2. The van der Waals surface area contributed by atoms with Crippen LogP contribution in [0.4, 0.5) is 5.69 Å². The molecule has 1 aromatic heterocycles. The van der Waals surface area contributed by atoms with E-state index in [0.29, 0.717) is 17.7 Å². The fraction of sp³-hybridized carbons (Fsp3) is 0.292. The molecule has 0 unspecified atom stereocenters. The number of anilines is 1. The van der Waals surface area contributed by atoms with Gasteiger partial charge in [0.25, 0.3) is 11.8 Å². The lowest BCUT2D eigenvalue weighted by molar-refractivity contribution is 0.0706. The summed E-state index contributed by atoms with van der Waals surface area (Å²) in [6.07, 6.45) is 4.08. The summed E-state index contributed by atoms with van der Waals surface area (Å²) < 4.78 is 0. The van der Waals surface area contributed by atoms with Gasteiger partial charge in [-0.25, -0.2) is 5.48 Å². The first-order chi connectivity index (χ1) is 15.1. The Kier molecular flexibility index (Phi) is 7.95. The highest BCUT2D eigenvalue weighted by Gasteiger charge is 2.08. The van der Waals surface area contributed by atoms with E-state index in [1.807, 2.05) is 25.1 Å². The first kappa shape index (κ1) is 22.2. The van der Waals surface area contributed by atoms with Crippen LogP contribution >= 0.6 is 0 Å². The maximum Gasteiger partial charge on any atom is 0.274 e. The molecule has 3 rings (SSSR count). The van der Waals surface area contributed by atoms with Crippen LogP contribution in [-0.4, -0.2) is 35.1 Å². The molecule has 0 saturated carbocycles. The molecule has 3 aromatic rings. The lowest BCUT2D eigenvalue weighted by atomic mass is 10.1. The quantitative estimate of drug-likeness (QED) is 0.225. The van der Waals surface area contributed by atoms with Crippen molar-refractivity contribution in [2.75, 3.05) is 18.4 Å². The van der Waals surface area contributed by atoms with Gasteiger partial charge < -0.3 is 10.6 Å². The summed E-state index contributed by atoms with van der Waals surface area (Å²) in [6, 6.07) is 16.4. The number of nitrogens with zero attached hydrogens (tertiary/aromatic N) is 1. The maximum absolute atomic E-state index is 12.1. The minimum Gasteiger partial charge on any atom is -0.384 e. The molecule has 4 N–H and O–H groups in total. The number of unbranched alkanes of at least 4 members (excludes halogenated alkanes) is 3. The number of hydroxylamine groups is 1. The second kappa shape index (κ2) is 11.1. The zero-order valence-electron chi connectivity index (χ0n) is 17.6. The summed E-state index contributed by atoms with van der Waals surface area (Å²) in [5, 5.41) is 16.2. The van der Waals surface area contributed by atoms with Crippen molar-refractivity contribution in [2.45, 2.75) is 32.6 Å². The van der Waals surface area contributed by atoms with Crippen molar-refractivity contribution in [3.63, 3.8) is 0 Å². The number of benzene rings is 2. The molecule has 7 heteroatoms. The Morgan fingerprint density at radius 3 is 2.23 bits per heavy atom. The number of nitrogens with one attached hydrogen (secondary N) is 3. The van der Waals surface area contributed by atoms with Gasteiger partial charge in [0.1, 0.15) is 0 Å². The molecule has 31 heavy (non-hydrogen) atoms. The van der Waals surface area contributed by atoms with Crippen molar-refractivity contribution in [1.29, 1.82) is 0 Å². The Hall–Kier alpha value is -3.45. The smallest absolute Gasteiger partial charge is 0.274 e. The van der Waals surface area contributed by atoms with E-state index in [1.165, 1.54) is 12.1 Å². The van der Waals surface area contributed by atoms with Crippen LogP contribution in [0.1, 0.15) is 52.1 Å². The molecule has 0 aliphatic heterocycles. The molecule has 0 aliphatic carbocycles. The van der Waals surface area contributed by atoms with Crippen LogP contribution in [0.15, 0.2) is 54.6 Å². The number of hydrogen-bond donors (Lipinski definition) is 4. The van der Waals surface area contributed by atoms with E-state index in [9.17, 15) is 9.59 Å². The number of hydrogen-bond acceptors (Lipinski definition) is 5. The highest BCUT2D eigenvalue weighted by Crippen LogP contribution is 2.22. The van der Waals surface area contributed by atoms with Gasteiger partial charge in [-0.15, -0.1) is 0 Å². The normalized spacial score (nSPS) is 10.6. The van der Waals surface area contributed by atoms with E-state index in [0.717, 1.165) is 54.5 Å². The van der Waals surface area contributed by atoms with E-state index in [1.54, 1.807) is 17.6 Å². The third-order valence-electron chi connectivity index (χ3n) is 5.06. The van der Waals surface area contributed by atoms with Crippen LogP contribution in [0.3, 0.4) is 0 Å². The molecule has 0 aliphatic rings. The fourth-order valence-electron chi connectivity index (χ4n) is 3.42. The standard InChI is InChI=1S/C24H28N4O3/c1-17-16-22(20-8-4-5-9-21(20)27-17)25-14-6-2-3-7-15-26-23(29)18-10-12-19(13-11-18)24(30)28-31/h4-5,8-13,16,31H,2-3,6-7,14-15H2,1H3,(H,25,27)(H,26,29)(H,28,30). The fourth-order valence-corrected chi connectivity index (χ4v) is 3.42. The van der Waals surface area contributed by atoms with Gasteiger partial charge in [0.15, 0.2) is 0 Å². The topological polar surface area (TPSA) is 103 Å². The van der Waals surface area contributed by atoms with Gasteiger partial charge in [0.2, 0.25) is 0 Å². The monoisotopic (exact) mass is 420 g/mol.